The number of carbonyl (C=O) groups is 4. The van der Waals surface area contributed by atoms with Gasteiger partial charge in [0.1, 0.15) is 19.3 Å². The second-order valence-electron chi connectivity index (χ2n) is 29.6. The van der Waals surface area contributed by atoms with Gasteiger partial charge in [-0.25, -0.2) is 9.13 Å². The monoisotopic (exact) mass is 1440 g/mol. The van der Waals surface area contributed by atoms with Gasteiger partial charge in [-0.3, -0.25) is 37.3 Å². The number of aliphatic hydroxyl groups excluding tert-OH is 1. The largest absolute Gasteiger partial charge is 0.472 e. The number of rotatable bonds is 77. The van der Waals surface area contributed by atoms with Gasteiger partial charge < -0.3 is 33.8 Å². The highest BCUT2D eigenvalue weighted by Gasteiger charge is 2.30. The van der Waals surface area contributed by atoms with E-state index in [0.717, 1.165) is 108 Å². The quantitative estimate of drug-likeness (QED) is 0.0222. The fourth-order valence-electron chi connectivity index (χ4n) is 12.1. The third kappa shape index (κ3) is 71.1. The highest BCUT2D eigenvalue weighted by molar-refractivity contribution is 7.47. The molecule has 0 saturated heterocycles. The molecule has 3 unspecified atom stereocenters. The van der Waals surface area contributed by atoms with Crippen molar-refractivity contribution < 1.29 is 80.2 Å². The van der Waals surface area contributed by atoms with Crippen molar-refractivity contribution in [3.8, 4) is 0 Å². The maximum atomic E-state index is 13.1. The van der Waals surface area contributed by atoms with E-state index in [9.17, 15) is 43.2 Å². The van der Waals surface area contributed by atoms with Crippen molar-refractivity contribution in [1.29, 1.82) is 0 Å². The number of carbonyl (C=O) groups excluding carboxylic acids is 4. The molecule has 582 valence electrons. The van der Waals surface area contributed by atoms with E-state index >= 15 is 0 Å². The van der Waals surface area contributed by atoms with Gasteiger partial charge in [0, 0.05) is 25.7 Å². The molecule has 0 spiro atoms. The van der Waals surface area contributed by atoms with Crippen LogP contribution >= 0.6 is 15.6 Å². The zero-order chi connectivity index (χ0) is 72.3. The van der Waals surface area contributed by atoms with Crippen LogP contribution in [0.5, 0.6) is 0 Å². The molecular formula is C79H154O17P2. The summed E-state index contributed by atoms with van der Waals surface area (Å²) >= 11 is 0. The molecule has 0 fully saturated rings. The van der Waals surface area contributed by atoms with Crippen LogP contribution in [0.15, 0.2) is 0 Å². The second-order valence-corrected chi connectivity index (χ2v) is 32.6. The Bertz CT molecular complexity index is 1910. The minimum Gasteiger partial charge on any atom is -0.462 e. The van der Waals surface area contributed by atoms with Gasteiger partial charge in [-0.2, -0.15) is 0 Å². The van der Waals surface area contributed by atoms with Crippen molar-refractivity contribution in [2.45, 2.75) is 426 Å². The van der Waals surface area contributed by atoms with Gasteiger partial charge in [0.2, 0.25) is 0 Å². The average Bonchev–Trinajstić information content (AvgIpc) is 1.23. The maximum Gasteiger partial charge on any atom is 0.472 e. The molecule has 0 aliphatic heterocycles. The molecule has 0 aromatic heterocycles. The van der Waals surface area contributed by atoms with E-state index in [1.54, 1.807) is 0 Å². The minimum absolute atomic E-state index is 0.105. The van der Waals surface area contributed by atoms with Crippen molar-refractivity contribution in [1.82, 2.24) is 0 Å². The van der Waals surface area contributed by atoms with Gasteiger partial charge in [-0.1, -0.05) is 357 Å². The highest BCUT2D eigenvalue weighted by Crippen LogP contribution is 2.45. The normalized spacial score (nSPS) is 14.3. The van der Waals surface area contributed by atoms with Crippen molar-refractivity contribution >= 4 is 39.5 Å². The van der Waals surface area contributed by atoms with E-state index < -0.39 is 97.5 Å². The molecule has 17 nitrogen and oxygen atoms in total. The van der Waals surface area contributed by atoms with E-state index in [-0.39, 0.29) is 25.7 Å². The van der Waals surface area contributed by atoms with Crippen molar-refractivity contribution in [3.63, 3.8) is 0 Å². The van der Waals surface area contributed by atoms with Crippen LogP contribution in [0.3, 0.4) is 0 Å². The fourth-order valence-corrected chi connectivity index (χ4v) is 13.7. The molecule has 6 atom stereocenters. The smallest absolute Gasteiger partial charge is 0.462 e. The lowest BCUT2D eigenvalue weighted by atomic mass is 9.99. The topological polar surface area (TPSA) is 237 Å². The molecule has 19 heteroatoms. The molecule has 0 amide bonds. The summed E-state index contributed by atoms with van der Waals surface area (Å²) in [4.78, 5) is 72.9. The van der Waals surface area contributed by atoms with Crippen LogP contribution in [-0.2, 0) is 65.4 Å². The summed E-state index contributed by atoms with van der Waals surface area (Å²) in [5.74, 6) is 0.234. The van der Waals surface area contributed by atoms with Crippen LogP contribution in [0.4, 0.5) is 0 Å². The Morgan fingerprint density at radius 3 is 0.776 bits per heavy atom. The Kier molecular flexibility index (Phi) is 68.1. The molecule has 0 radical (unpaired) electrons. The van der Waals surface area contributed by atoms with Crippen molar-refractivity contribution in [2.24, 2.45) is 17.8 Å². The Labute approximate surface area is 600 Å². The van der Waals surface area contributed by atoms with Gasteiger partial charge in [0.25, 0.3) is 0 Å². The first-order chi connectivity index (χ1) is 47.3. The fraction of sp³-hybridized carbons (Fsp3) is 0.949. The number of unbranched alkanes of at least 4 members (excludes halogenated alkanes) is 44. The van der Waals surface area contributed by atoms with Crippen molar-refractivity contribution in [3.05, 3.63) is 0 Å². The SMILES string of the molecule is CCCCCCCCCCCCCCC(=O)OC[C@H](COP(=O)(O)OC[C@H](O)COP(=O)(O)OC[C@@H](COC(=O)CCCCCCCCCCCCC(C)C)OC(=O)CCCCCCCCCCCCCCCCCCCCC(C)C)OC(=O)CCCCCCCCCCC(C)CC. The highest BCUT2D eigenvalue weighted by atomic mass is 31.2. The summed E-state index contributed by atoms with van der Waals surface area (Å²) in [7, 11) is -9.92. The molecule has 3 N–H and O–H groups in total. The molecule has 0 aliphatic carbocycles. The molecule has 98 heavy (non-hydrogen) atoms. The summed E-state index contributed by atoms with van der Waals surface area (Å²) < 4.78 is 68.6. The van der Waals surface area contributed by atoms with Gasteiger partial charge in [0.05, 0.1) is 26.4 Å². The Morgan fingerprint density at radius 2 is 0.520 bits per heavy atom. The minimum atomic E-state index is -4.96. The van der Waals surface area contributed by atoms with Crippen LogP contribution < -0.4 is 0 Å². The number of phosphoric ester groups is 2. The van der Waals surface area contributed by atoms with Crippen molar-refractivity contribution in [2.75, 3.05) is 39.6 Å². The van der Waals surface area contributed by atoms with Crippen LogP contribution in [0.2, 0.25) is 0 Å². The lowest BCUT2D eigenvalue weighted by Crippen LogP contribution is -2.30. The Morgan fingerprint density at radius 1 is 0.296 bits per heavy atom. The summed E-state index contributed by atoms with van der Waals surface area (Å²) in [6, 6.07) is 0. The van der Waals surface area contributed by atoms with Crippen LogP contribution in [0, 0.1) is 17.8 Å². The second kappa shape index (κ2) is 69.4. The molecule has 0 aromatic carbocycles. The number of hydrogen-bond acceptors (Lipinski definition) is 15. The van der Waals surface area contributed by atoms with E-state index in [0.29, 0.717) is 25.7 Å². The lowest BCUT2D eigenvalue weighted by Gasteiger charge is -2.21. The third-order valence-electron chi connectivity index (χ3n) is 18.7. The van der Waals surface area contributed by atoms with E-state index in [1.165, 1.54) is 218 Å². The number of phosphoric acid groups is 2. The first-order valence-electron chi connectivity index (χ1n) is 40.9. The Balaban J connectivity index is 5.22. The molecule has 0 aliphatic rings. The predicted molar refractivity (Wildman–Crippen MR) is 400 cm³/mol. The summed E-state index contributed by atoms with van der Waals surface area (Å²) in [5.41, 5.74) is 0. The first kappa shape index (κ1) is 96.1. The molecule has 0 saturated carbocycles. The number of ether oxygens (including phenoxy) is 4. The van der Waals surface area contributed by atoms with Gasteiger partial charge >= 0.3 is 39.5 Å². The predicted octanol–water partition coefficient (Wildman–Crippen LogP) is 23.4. The van der Waals surface area contributed by atoms with E-state index in [4.69, 9.17) is 37.0 Å². The summed E-state index contributed by atoms with van der Waals surface area (Å²) in [6.07, 6.45) is 56.8. The zero-order valence-corrected chi connectivity index (χ0v) is 66.0. The molecule has 0 heterocycles. The Hall–Kier alpha value is -1.94. The summed E-state index contributed by atoms with van der Waals surface area (Å²) in [6.45, 7) is 11.9. The van der Waals surface area contributed by atoms with Crippen LogP contribution in [-0.4, -0.2) is 96.7 Å². The number of aliphatic hydroxyl groups is 1. The average molecular weight is 1440 g/mol. The number of hydrogen-bond donors (Lipinski definition) is 3. The van der Waals surface area contributed by atoms with E-state index in [1.807, 2.05) is 0 Å². The number of esters is 4. The molecule has 0 rings (SSSR count). The van der Waals surface area contributed by atoms with Gasteiger partial charge in [0.15, 0.2) is 12.2 Å². The van der Waals surface area contributed by atoms with E-state index in [2.05, 4.69) is 48.5 Å². The molecular weight excluding hydrogens is 1280 g/mol. The van der Waals surface area contributed by atoms with Gasteiger partial charge in [-0.15, -0.1) is 0 Å². The lowest BCUT2D eigenvalue weighted by molar-refractivity contribution is -0.161. The molecule has 0 bridgehead atoms. The van der Waals surface area contributed by atoms with Crippen LogP contribution in [0.1, 0.15) is 408 Å². The standard InChI is InChI=1S/C79H154O17P2/c1-8-10-11-12-13-14-15-25-31-39-46-53-60-76(81)89-67-75(96-79(84)63-56-49-42-35-34-38-45-52-59-72(7)9-2)69-94-98(87,88)92-65-73(80)64-91-97(85,86)93-68-74(66-90-77(82)61-54-47-40-32-28-27-30-37-44-51-58-71(5)6)95-78(83)62-55-48-41-33-26-23-21-19-17-16-18-20-22-24-29-36-43-50-57-70(3)4/h70-75,80H,8-69H2,1-7H3,(H,85,86)(H,87,88)/t72?,73-,74-,75-/m1/s1. The first-order valence-corrected chi connectivity index (χ1v) is 43.9. The third-order valence-corrected chi connectivity index (χ3v) is 20.6. The maximum absolute atomic E-state index is 13.1. The van der Waals surface area contributed by atoms with Gasteiger partial charge in [-0.05, 0) is 43.4 Å². The van der Waals surface area contributed by atoms with Crippen LogP contribution in [0.25, 0.3) is 0 Å². The zero-order valence-electron chi connectivity index (χ0n) is 64.3. The summed E-state index contributed by atoms with van der Waals surface area (Å²) in [5, 5.41) is 10.6. The molecule has 0 aromatic rings.